The number of nitrogens with zero attached hydrogens (tertiary/aromatic N) is 2. The summed E-state index contributed by atoms with van der Waals surface area (Å²) in [5.41, 5.74) is 0. The lowest BCUT2D eigenvalue weighted by Crippen LogP contribution is -2.53. The molecule has 0 aromatic heterocycles. The van der Waals surface area contributed by atoms with E-state index in [1.807, 2.05) is 11.8 Å². The van der Waals surface area contributed by atoms with Crippen LogP contribution in [-0.2, 0) is 4.79 Å². The molecule has 0 aromatic rings. The number of aliphatic hydroxyl groups is 1. The van der Waals surface area contributed by atoms with Gasteiger partial charge in [-0.1, -0.05) is 0 Å². The van der Waals surface area contributed by atoms with E-state index in [-0.39, 0.29) is 23.7 Å². The van der Waals surface area contributed by atoms with Gasteiger partial charge in [0.2, 0.25) is 0 Å². The summed E-state index contributed by atoms with van der Waals surface area (Å²) < 4.78 is -0.00896. The maximum Gasteiger partial charge on any atom is 0.326 e. The highest BCUT2D eigenvalue weighted by Gasteiger charge is 2.42. The summed E-state index contributed by atoms with van der Waals surface area (Å²) in [4.78, 5) is 26.6. The van der Waals surface area contributed by atoms with Crippen molar-refractivity contribution in [3.8, 4) is 0 Å². The van der Waals surface area contributed by atoms with Crippen molar-refractivity contribution >= 4 is 23.8 Å². The summed E-state index contributed by atoms with van der Waals surface area (Å²) in [6, 6.07) is -1.17. The molecule has 2 N–H and O–H groups in total. The van der Waals surface area contributed by atoms with Gasteiger partial charge in [-0.15, -0.1) is 0 Å². The molecule has 0 unspecified atom stereocenters. The maximum atomic E-state index is 12.4. The molecule has 2 atom stereocenters. The largest absolute Gasteiger partial charge is 0.480 e. The van der Waals surface area contributed by atoms with Crippen molar-refractivity contribution in [3.05, 3.63) is 0 Å². The molecular weight excluding hydrogens is 268 g/mol. The maximum absolute atomic E-state index is 12.4. The van der Waals surface area contributed by atoms with E-state index in [1.54, 1.807) is 4.90 Å². The van der Waals surface area contributed by atoms with Gasteiger partial charge in [0.1, 0.15) is 6.04 Å². The second kappa shape index (κ2) is 5.20. The Balaban J connectivity index is 2.08. The van der Waals surface area contributed by atoms with Crippen LogP contribution in [0.3, 0.4) is 0 Å². The summed E-state index contributed by atoms with van der Waals surface area (Å²) in [7, 11) is 0. The number of amides is 2. The molecule has 19 heavy (non-hydrogen) atoms. The first-order valence-electron chi connectivity index (χ1n) is 6.40. The lowest BCUT2D eigenvalue weighted by molar-refractivity contribution is -0.141. The highest BCUT2D eigenvalue weighted by molar-refractivity contribution is 8.00. The number of urea groups is 1. The zero-order valence-corrected chi connectivity index (χ0v) is 12.0. The zero-order valence-electron chi connectivity index (χ0n) is 11.2. The Bertz CT molecular complexity index is 388. The van der Waals surface area contributed by atoms with E-state index < -0.39 is 18.1 Å². The Morgan fingerprint density at radius 1 is 1.37 bits per heavy atom. The molecule has 108 valence electrons. The van der Waals surface area contributed by atoms with Gasteiger partial charge in [0, 0.05) is 36.6 Å². The molecule has 2 fully saturated rings. The Morgan fingerprint density at radius 3 is 2.63 bits per heavy atom. The van der Waals surface area contributed by atoms with Crippen molar-refractivity contribution in [3.63, 3.8) is 0 Å². The van der Waals surface area contributed by atoms with Crippen LogP contribution >= 0.6 is 11.8 Å². The fraction of sp³-hybridized carbons (Fsp3) is 0.833. The number of carboxylic acids is 1. The minimum absolute atomic E-state index is 0.00896. The molecule has 0 bridgehead atoms. The zero-order chi connectivity index (χ0) is 14.2. The van der Waals surface area contributed by atoms with Crippen molar-refractivity contribution in [2.45, 2.75) is 37.2 Å². The number of thioether (sulfide) groups is 1. The van der Waals surface area contributed by atoms with Gasteiger partial charge in [0.25, 0.3) is 0 Å². The van der Waals surface area contributed by atoms with Crippen LogP contribution in [-0.4, -0.2) is 74.3 Å². The van der Waals surface area contributed by atoms with Crippen molar-refractivity contribution < 1.29 is 19.8 Å². The molecule has 2 heterocycles. The van der Waals surface area contributed by atoms with Crippen molar-refractivity contribution in [2.24, 2.45) is 0 Å². The average molecular weight is 288 g/mol. The van der Waals surface area contributed by atoms with Gasteiger partial charge >= 0.3 is 12.0 Å². The molecule has 6 nitrogen and oxygen atoms in total. The summed E-state index contributed by atoms with van der Waals surface area (Å²) >= 11 is 1.81. The van der Waals surface area contributed by atoms with Crippen molar-refractivity contribution in [2.75, 3.05) is 25.4 Å². The molecule has 2 saturated heterocycles. The van der Waals surface area contributed by atoms with Crippen LogP contribution in [0.25, 0.3) is 0 Å². The van der Waals surface area contributed by atoms with Gasteiger partial charge < -0.3 is 20.0 Å². The van der Waals surface area contributed by atoms with Crippen LogP contribution in [0.4, 0.5) is 4.79 Å². The van der Waals surface area contributed by atoms with Crippen LogP contribution in [0.2, 0.25) is 0 Å². The third-order valence-corrected chi connectivity index (χ3v) is 4.80. The quantitative estimate of drug-likeness (QED) is 0.732. The highest BCUT2D eigenvalue weighted by atomic mass is 32.2. The molecule has 0 spiro atoms. The number of hydrogen-bond donors (Lipinski definition) is 2. The number of hydrogen-bond acceptors (Lipinski definition) is 4. The fourth-order valence-electron chi connectivity index (χ4n) is 2.62. The normalized spacial score (nSPS) is 30.5. The second-order valence-electron chi connectivity index (χ2n) is 5.71. The molecule has 2 aliphatic rings. The number of carbonyl (C=O) groups excluding carboxylic acids is 1. The van der Waals surface area contributed by atoms with Crippen LogP contribution in [0.5, 0.6) is 0 Å². The molecule has 2 aliphatic heterocycles. The Hall–Kier alpha value is -0.950. The monoisotopic (exact) mass is 288 g/mol. The molecule has 0 aromatic carbocycles. The van der Waals surface area contributed by atoms with Crippen LogP contribution < -0.4 is 0 Å². The Kier molecular flexibility index (Phi) is 3.96. The highest BCUT2D eigenvalue weighted by Crippen LogP contribution is 2.31. The van der Waals surface area contributed by atoms with E-state index in [0.29, 0.717) is 13.1 Å². The summed E-state index contributed by atoms with van der Waals surface area (Å²) in [5.74, 6) is -0.192. The first kappa shape index (κ1) is 14.5. The number of β-amino-alcohol motifs (C(OH)–C–C–N with tert-alkyl or cyclic N) is 1. The van der Waals surface area contributed by atoms with Gasteiger partial charge in [0.05, 0.1) is 6.10 Å². The fourth-order valence-corrected chi connectivity index (χ4v) is 3.73. The Labute approximate surface area is 116 Å². The number of carboxylic acid groups (broad SMARTS) is 1. The van der Waals surface area contributed by atoms with Crippen molar-refractivity contribution in [1.29, 1.82) is 0 Å². The molecule has 2 amide bonds. The average Bonchev–Trinajstić information content (AvgIpc) is 2.69. The molecule has 0 saturated carbocycles. The van der Waals surface area contributed by atoms with E-state index in [4.69, 9.17) is 5.11 Å². The topological polar surface area (TPSA) is 81.1 Å². The summed E-state index contributed by atoms with van der Waals surface area (Å²) in [5, 5.41) is 18.7. The first-order chi connectivity index (χ1) is 8.80. The van der Waals surface area contributed by atoms with Gasteiger partial charge in [-0.2, -0.15) is 11.8 Å². The predicted molar refractivity (Wildman–Crippen MR) is 72.3 cm³/mol. The van der Waals surface area contributed by atoms with Gasteiger partial charge in [-0.3, -0.25) is 0 Å². The second-order valence-corrected chi connectivity index (χ2v) is 7.51. The van der Waals surface area contributed by atoms with E-state index >= 15 is 0 Å². The third kappa shape index (κ3) is 3.14. The summed E-state index contributed by atoms with van der Waals surface area (Å²) in [6.07, 6.45) is -0.621. The van der Waals surface area contributed by atoms with E-state index in [1.165, 1.54) is 4.90 Å². The smallest absolute Gasteiger partial charge is 0.326 e. The molecule has 0 radical (unpaired) electrons. The molecule has 2 rings (SSSR count). The third-order valence-electron chi connectivity index (χ3n) is 3.51. The van der Waals surface area contributed by atoms with Gasteiger partial charge in [0.15, 0.2) is 0 Å². The summed E-state index contributed by atoms with van der Waals surface area (Å²) in [6.45, 7) is 5.50. The van der Waals surface area contributed by atoms with Crippen LogP contribution in [0.15, 0.2) is 0 Å². The molecule has 0 aliphatic carbocycles. The number of likely N-dealkylation sites (tertiary alicyclic amines) is 1. The Morgan fingerprint density at radius 2 is 2.05 bits per heavy atom. The minimum atomic E-state index is -1.05. The number of rotatable bonds is 1. The van der Waals surface area contributed by atoms with Gasteiger partial charge in [-0.05, 0) is 13.8 Å². The van der Waals surface area contributed by atoms with Crippen molar-refractivity contribution in [1.82, 2.24) is 9.80 Å². The predicted octanol–water partition coefficient (Wildman–Crippen LogP) is 0.454. The lowest BCUT2D eigenvalue weighted by Gasteiger charge is -2.39. The van der Waals surface area contributed by atoms with Crippen LogP contribution in [0.1, 0.15) is 20.3 Å². The first-order valence-corrected chi connectivity index (χ1v) is 7.39. The molecular formula is C12H20N2O4S. The minimum Gasteiger partial charge on any atom is -0.480 e. The number of carbonyl (C=O) groups is 2. The number of aliphatic carboxylic acids is 1. The lowest BCUT2D eigenvalue weighted by atomic mass is 10.2. The van der Waals surface area contributed by atoms with E-state index in [2.05, 4.69) is 13.8 Å². The standard InChI is InChI=1S/C12H20N2O4S/c1-12(2)7-13(3-4-19-12)11(18)14-6-8(15)5-9(14)10(16)17/h8-9,15H,3-7H2,1-2H3,(H,16,17)/t8-,9+/m1/s1. The molecule has 7 heteroatoms. The van der Waals surface area contributed by atoms with E-state index in [9.17, 15) is 14.7 Å². The van der Waals surface area contributed by atoms with E-state index in [0.717, 1.165) is 5.75 Å². The van der Waals surface area contributed by atoms with Gasteiger partial charge in [-0.25, -0.2) is 9.59 Å². The van der Waals surface area contributed by atoms with Crippen LogP contribution in [0, 0.1) is 0 Å². The number of aliphatic hydroxyl groups excluding tert-OH is 1. The SMILES string of the molecule is CC1(C)CN(C(=O)N2C[C@H](O)C[C@H]2C(=O)O)CCS1.